The molecular weight excluding hydrogens is 422 g/mol. The zero-order valence-electron chi connectivity index (χ0n) is 21.1. The van der Waals surface area contributed by atoms with Crippen molar-refractivity contribution in [3.8, 4) is 11.1 Å². The van der Waals surface area contributed by atoms with Gasteiger partial charge in [0.05, 0.1) is 1.37 Å². The predicted octanol–water partition coefficient (Wildman–Crippen LogP) is 9.61. The van der Waals surface area contributed by atoms with E-state index in [0.717, 1.165) is 39.3 Å². The fourth-order valence-electron chi connectivity index (χ4n) is 4.19. The summed E-state index contributed by atoms with van der Waals surface area (Å²) in [6.45, 7) is 4.21. The molecule has 0 N–H and O–H groups in total. The number of aryl methyl sites for hydroxylation is 2. The van der Waals surface area contributed by atoms with Crippen LogP contribution in [0.1, 0.15) is 23.6 Å². The van der Waals surface area contributed by atoms with Gasteiger partial charge in [-0.1, -0.05) is 114 Å². The van der Waals surface area contributed by atoms with Gasteiger partial charge < -0.3 is 4.90 Å². The third-order valence-corrected chi connectivity index (χ3v) is 6.14. The molecule has 0 aromatic heterocycles. The Balaban J connectivity index is 1.49. The number of nitrogens with zero attached hydrogens (tertiary/aromatic N) is 1. The average molecular weight is 453 g/mol. The van der Waals surface area contributed by atoms with Gasteiger partial charge in [0.2, 0.25) is 0 Å². The van der Waals surface area contributed by atoms with Crippen LogP contribution in [0.4, 0.5) is 17.1 Å². The predicted molar refractivity (Wildman–Crippen MR) is 151 cm³/mol. The van der Waals surface area contributed by atoms with Crippen LogP contribution in [0.25, 0.3) is 23.3 Å². The number of hydrogen-bond acceptors (Lipinski definition) is 1. The Hall–Kier alpha value is -4.36. The third kappa shape index (κ3) is 5.26. The molecule has 35 heavy (non-hydrogen) atoms. The molecule has 0 radical (unpaired) electrons. The van der Waals surface area contributed by atoms with Gasteiger partial charge in [0.15, 0.2) is 0 Å². The normalized spacial score (nSPS) is 11.7. The molecule has 0 aliphatic carbocycles. The Labute approximate surface area is 210 Å². The van der Waals surface area contributed by atoms with E-state index in [-0.39, 0.29) is 0 Å². The maximum Gasteiger partial charge on any atom is 0.0629 e. The molecule has 0 saturated heterocycles. The smallest absolute Gasteiger partial charge is 0.0629 e. The first kappa shape index (κ1) is 21.2. The van der Waals surface area contributed by atoms with Crippen molar-refractivity contribution in [3.05, 3.63) is 150 Å². The minimum absolute atomic E-state index is 0.496. The maximum atomic E-state index is 8.84. The van der Waals surface area contributed by atoms with E-state index in [1.165, 1.54) is 11.1 Å². The second-order valence-corrected chi connectivity index (χ2v) is 8.80. The van der Waals surface area contributed by atoms with Crippen LogP contribution in [0.15, 0.2) is 127 Å². The molecule has 0 bridgehead atoms. The van der Waals surface area contributed by atoms with Gasteiger partial charge in [0.1, 0.15) is 0 Å². The molecular formula is C34H29N. The van der Waals surface area contributed by atoms with Gasteiger partial charge in [0, 0.05) is 17.1 Å². The van der Waals surface area contributed by atoms with Crippen LogP contribution in [-0.4, -0.2) is 0 Å². The van der Waals surface area contributed by atoms with E-state index in [2.05, 4.69) is 110 Å². The molecule has 5 aromatic carbocycles. The van der Waals surface area contributed by atoms with Gasteiger partial charge in [0.25, 0.3) is 0 Å². The Bertz CT molecular complexity index is 1420. The van der Waals surface area contributed by atoms with E-state index >= 15 is 0 Å². The Kier molecular flexibility index (Phi) is 6.22. The summed E-state index contributed by atoms with van der Waals surface area (Å²) in [7, 11) is 0. The molecule has 1 nitrogen and oxygen atoms in total. The van der Waals surface area contributed by atoms with Crippen LogP contribution in [-0.2, 0) is 0 Å². The summed E-state index contributed by atoms with van der Waals surface area (Å²) in [6.07, 6.45) is 1.94. The van der Waals surface area contributed by atoms with E-state index in [9.17, 15) is 0 Å². The first-order chi connectivity index (χ1) is 17.6. The van der Waals surface area contributed by atoms with Crippen molar-refractivity contribution < 1.29 is 1.37 Å². The summed E-state index contributed by atoms with van der Waals surface area (Å²) < 4.78 is 8.84. The highest BCUT2D eigenvalue weighted by Crippen LogP contribution is 2.35. The molecule has 0 spiro atoms. The van der Waals surface area contributed by atoms with E-state index in [0.29, 0.717) is 6.05 Å². The minimum atomic E-state index is 0.496. The fraction of sp³-hybridized carbons (Fsp3) is 0.0588. The lowest BCUT2D eigenvalue weighted by molar-refractivity contribution is 1.27. The monoisotopic (exact) mass is 452 g/mol. The van der Waals surface area contributed by atoms with Crippen LogP contribution >= 0.6 is 0 Å². The van der Waals surface area contributed by atoms with Crippen LogP contribution in [0, 0.1) is 13.8 Å². The lowest BCUT2D eigenvalue weighted by Gasteiger charge is -2.25. The summed E-state index contributed by atoms with van der Waals surface area (Å²) in [4.78, 5) is 2.26. The molecule has 5 aromatic rings. The Morgan fingerprint density at radius 1 is 0.543 bits per heavy atom. The summed E-state index contributed by atoms with van der Waals surface area (Å²) in [5.74, 6) is 0. The number of hydrogen-bond donors (Lipinski definition) is 0. The molecule has 1 heteroatoms. The van der Waals surface area contributed by atoms with E-state index in [4.69, 9.17) is 1.37 Å². The Morgan fingerprint density at radius 3 is 1.60 bits per heavy atom. The van der Waals surface area contributed by atoms with Crippen LogP contribution in [0.2, 0.25) is 0 Å². The minimum Gasteiger partial charge on any atom is -0.311 e. The van der Waals surface area contributed by atoms with Crippen molar-refractivity contribution >= 4 is 29.2 Å². The summed E-state index contributed by atoms with van der Waals surface area (Å²) in [5, 5.41) is 0. The van der Waals surface area contributed by atoms with Gasteiger partial charge in [-0.25, -0.2) is 0 Å². The molecule has 0 fully saturated rings. The zero-order chi connectivity index (χ0) is 24.9. The highest BCUT2D eigenvalue weighted by Gasteiger charge is 2.12. The van der Waals surface area contributed by atoms with Crippen molar-refractivity contribution in [1.29, 1.82) is 0 Å². The molecule has 0 saturated carbocycles. The van der Waals surface area contributed by atoms with Gasteiger partial charge in [-0.05, 0) is 72.5 Å². The molecule has 0 aliphatic heterocycles. The van der Waals surface area contributed by atoms with E-state index in [1.807, 2.05) is 42.5 Å². The number of anilines is 3. The molecule has 0 aliphatic rings. The molecule has 0 atom stereocenters. The quantitative estimate of drug-likeness (QED) is 0.232. The van der Waals surface area contributed by atoms with Crippen molar-refractivity contribution in [2.24, 2.45) is 0 Å². The third-order valence-electron chi connectivity index (χ3n) is 6.14. The first-order valence-corrected chi connectivity index (χ1v) is 12.0. The summed E-state index contributed by atoms with van der Waals surface area (Å²) in [5.41, 5.74) is 9.90. The highest BCUT2D eigenvalue weighted by atomic mass is 15.1. The molecule has 0 amide bonds. The molecule has 170 valence electrons. The fourth-order valence-corrected chi connectivity index (χ4v) is 4.19. The van der Waals surface area contributed by atoms with Gasteiger partial charge in [-0.15, -0.1) is 0 Å². The second-order valence-electron chi connectivity index (χ2n) is 8.80. The van der Waals surface area contributed by atoms with Crippen LogP contribution in [0.3, 0.4) is 0 Å². The van der Waals surface area contributed by atoms with Crippen LogP contribution < -0.4 is 4.90 Å². The van der Waals surface area contributed by atoms with Gasteiger partial charge in [-0.3, -0.25) is 0 Å². The van der Waals surface area contributed by atoms with Crippen molar-refractivity contribution in [2.45, 2.75) is 13.8 Å². The molecule has 5 rings (SSSR count). The van der Waals surface area contributed by atoms with Gasteiger partial charge in [-0.2, -0.15) is 0 Å². The first-order valence-electron chi connectivity index (χ1n) is 12.5. The second kappa shape index (κ2) is 10.3. The summed E-state index contributed by atoms with van der Waals surface area (Å²) in [6, 6.07) is 44.5. The van der Waals surface area contributed by atoms with Crippen LogP contribution in [0.5, 0.6) is 0 Å². The van der Waals surface area contributed by atoms with E-state index in [1.54, 1.807) is 0 Å². The molecule has 0 unspecified atom stereocenters. The van der Waals surface area contributed by atoms with Crippen molar-refractivity contribution in [1.82, 2.24) is 0 Å². The topological polar surface area (TPSA) is 3.24 Å². The van der Waals surface area contributed by atoms with E-state index < -0.39 is 0 Å². The maximum absolute atomic E-state index is 8.84. The highest BCUT2D eigenvalue weighted by molar-refractivity contribution is 5.82. The lowest BCUT2D eigenvalue weighted by atomic mass is 9.99. The summed E-state index contributed by atoms with van der Waals surface area (Å²) >= 11 is 0. The number of rotatable bonds is 6. The largest absolute Gasteiger partial charge is 0.311 e. The Morgan fingerprint density at radius 2 is 1.03 bits per heavy atom. The molecule has 0 heterocycles. The van der Waals surface area contributed by atoms with Crippen molar-refractivity contribution in [3.63, 3.8) is 0 Å². The SMILES string of the molecule is [2H]C(=Cc1ccc(N(c2ccc(C)cc2)c2ccc(C)cc2)cc1)c1ccccc1-c1ccccc1. The zero-order valence-corrected chi connectivity index (χ0v) is 20.1. The number of benzene rings is 5. The standard InChI is InChI=1S/C34H29N/c1-26-12-20-31(21-13-26)35(32-22-14-27(2)15-23-32)33-24-17-28(18-25-33)16-19-30-10-6-7-11-34(30)29-8-4-3-5-9-29/h3-25H,1-2H3/i19D. The lowest BCUT2D eigenvalue weighted by Crippen LogP contribution is -2.09. The average Bonchev–Trinajstić information content (AvgIpc) is 2.92. The van der Waals surface area contributed by atoms with Gasteiger partial charge >= 0.3 is 0 Å². The van der Waals surface area contributed by atoms with Crippen molar-refractivity contribution in [2.75, 3.05) is 4.90 Å².